The van der Waals surface area contributed by atoms with Crippen molar-refractivity contribution in [2.24, 2.45) is 28.6 Å². The quantitative estimate of drug-likeness (QED) is 0.488. The summed E-state index contributed by atoms with van der Waals surface area (Å²) in [6.45, 7) is 9.11. The van der Waals surface area contributed by atoms with Crippen LogP contribution in [-0.2, 0) is 28.5 Å². The molecule has 5 fully saturated rings. The van der Waals surface area contributed by atoms with Crippen molar-refractivity contribution in [1.82, 2.24) is 0 Å². The van der Waals surface area contributed by atoms with Crippen LogP contribution in [0.4, 0.5) is 0 Å². The molecule has 4 saturated carbocycles. The van der Waals surface area contributed by atoms with Crippen molar-refractivity contribution in [1.29, 1.82) is 0 Å². The highest BCUT2D eigenvalue weighted by Crippen LogP contribution is 2.71. The molecule has 0 aromatic carbocycles. The summed E-state index contributed by atoms with van der Waals surface area (Å²) in [6, 6.07) is 0. The van der Waals surface area contributed by atoms with E-state index >= 15 is 0 Å². The van der Waals surface area contributed by atoms with Crippen molar-refractivity contribution < 1.29 is 43.9 Å². The van der Waals surface area contributed by atoms with E-state index in [0.717, 1.165) is 0 Å². The van der Waals surface area contributed by atoms with E-state index in [9.17, 15) is 24.9 Å². The lowest BCUT2D eigenvalue weighted by Crippen LogP contribution is -2.78. The maximum absolute atomic E-state index is 12.9. The molecule has 5 rings (SSSR count). The van der Waals surface area contributed by atoms with Gasteiger partial charge in [0.1, 0.15) is 6.10 Å². The van der Waals surface area contributed by atoms with Crippen molar-refractivity contribution in [3.05, 3.63) is 0 Å². The molecule has 0 radical (unpaired) electrons. The van der Waals surface area contributed by atoms with Crippen molar-refractivity contribution >= 4 is 11.9 Å². The molecule has 1 saturated heterocycles. The van der Waals surface area contributed by atoms with Gasteiger partial charge in [0.2, 0.25) is 0 Å². The van der Waals surface area contributed by atoms with E-state index in [-0.39, 0.29) is 37.9 Å². The largest absolute Gasteiger partial charge is 0.466 e. The molecule has 10 atom stereocenters. The fourth-order valence-corrected chi connectivity index (χ4v) is 9.19. The third-order valence-corrected chi connectivity index (χ3v) is 10.6. The van der Waals surface area contributed by atoms with Crippen LogP contribution in [0.5, 0.6) is 0 Å². The maximum atomic E-state index is 12.9. The van der Waals surface area contributed by atoms with Crippen molar-refractivity contribution in [3.63, 3.8) is 0 Å². The number of carbonyl (C=O) groups excluding carboxylic acids is 2. The van der Waals surface area contributed by atoms with Gasteiger partial charge in [0, 0.05) is 31.1 Å². The van der Waals surface area contributed by atoms with E-state index in [1.165, 1.54) is 6.92 Å². The lowest BCUT2D eigenvalue weighted by Gasteiger charge is -2.70. The summed E-state index contributed by atoms with van der Waals surface area (Å²) >= 11 is 0. The van der Waals surface area contributed by atoms with E-state index in [1.54, 1.807) is 6.92 Å². The summed E-state index contributed by atoms with van der Waals surface area (Å²) < 4.78 is 23.5. The number of aliphatic hydroxyl groups is 3. The van der Waals surface area contributed by atoms with Gasteiger partial charge in [-0.3, -0.25) is 9.59 Å². The van der Waals surface area contributed by atoms with Crippen LogP contribution in [0.25, 0.3) is 0 Å². The normalized spacial score (nSPS) is 51.2. The van der Waals surface area contributed by atoms with Crippen molar-refractivity contribution in [2.45, 2.75) is 115 Å². The number of hydrogen-bond acceptors (Lipinski definition) is 9. The molecule has 1 heterocycles. The molecule has 0 unspecified atom stereocenters. The summed E-state index contributed by atoms with van der Waals surface area (Å²) in [5.41, 5.74) is -4.33. The second-order valence-electron chi connectivity index (χ2n) is 12.7. The molecule has 0 aromatic rings. The zero-order chi connectivity index (χ0) is 26.3. The summed E-state index contributed by atoms with van der Waals surface area (Å²) in [5.74, 6) is -2.99. The highest BCUT2D eigenvalue weighted by molar-refractivity contribution is 5.74. The van der Waals surface area contributed by atoms with Gasteiger partial charge in [-0.2, -0.15) is 0 Å². The molecular formula is C27H42O9. The second-order valence-corrected chi connectivity index (χ2v) is 12.7. The van der Waals surface area contributed by atoms with Gasteiger partial charge in [-0.1, -0.05) is 6.92 Å². The van der Waals surface area contributed by atoms with Crippen molar-refractivity contribution in [2.75, 3.05) is 13.2 Å². The maximum Gasteiger partial charge on any atom is 0.309 e. The Morgan fingerprint density at radius 2 is 1.81 bits per heavy atom. The molecule has 9 nitrogen and oxygen atoms in total. The van der Waals surface area contributed by atoms with Gasteiger partial charge in [0.15, 0.2) is 5.79 Å². The SMILES string of the molecule is CCOC(=O)[C@H]1CC[C@@]2(O)[C@@H]3CC[C@@]4(O)C[C@@H](OC(C)=O)C[C@@H]5OC(C)(C)OC[C@]54[C@H]3[C@H](O)C[C@]12C. The van der Waals surface area contributed by atoms with Crippen molar-refractivity contribution in [3.8, 4) is 0 Å². The predicted octanol–water partition coefficient (Wildman–Crippen LogP) is 2.08. The molecular weight excluding hydrogens is 468 g/mol. The van der Waals surface area contributed by atoms with Gasteiger partial charge < -0.3 is 34.3 Å². The van der Waals surface area contributed by atoms with Crippen LogP contribution in [-0.4, -0.2) is 75.8 Å². The Morgan fingerprint density at radius 3 is 2.47 bits per heavy atom. The number of ether oxygens (including phenoxy) is 4. The highest BCUT2D eigenvalue weighted by Gasteiger charge is 2.77. The first-order chi connectivity index (χ1) is 16.7. The fourth-order valence-electron chi connectivity index (χ4n) is 9.19. The monoisotopic (exact) mass is 510 g/mol. The Labute approximate surface area is 212 Å². The van der Waals surface area contributed by atoms with E-state index in [0.29, 0.717) is 32.1 Å². The van der Waals surface area contributed by atoms with Gasteiger partial charge in [-0.25, -0.2) is 0 Å². The Balaban J connectivity index is 1.57. The first kappa shape index (κ1) is 26.4. The molecule has 204 valence electrons. The van der Waals surface area contributed by atoms with Crippen LogP contribution >= 0.6 is 0 Å². The minimum absolute atomic E-state index is 0.167. The number of fused-ring (bicyclic) bond motifs is 3. The van der Waals surface area contributed by atoms with Crippen LogP contribution < -0.4 is 0 Å². The molecule has 3 N–H and O–H groups in total. The first-order valence-corrected chi connectivity index (χ1v) is 13.5. The molecule has 0 aromatic heterocycles. The smallest absolute Gasteiger partial charge is 0.309 e. The Hall–Kier alpha value is -1.26. The van der Waals surface area contributed by atoms with Gasteiger partial charge in [-0.15, -0.1) is 0 Å². The molecule has 4 aliphatic carbocycles. The Morgan fingerprint density at radius 1 is 1.08 bits per heavy atom. The van der Waals surface area contributed by atoms with Crippen LogP contribution in [0, 0.1) is 28.6 Å². The number of hydrogen-bond donors (Lipinski definition) is 3. The van der Waals surface area contributed by atoms with Crippen LogP contribution in [0.3, 0.4) is 0 Å². The van der Waals surface area contributed by atoms with E-state index < -0.39 is 63.9 Å². The van der Waals surface area contributed by atoms with Crippen LogP contribution in [0.15, 0.2) is 0 Å². The molecule has 9 heteroatoms. The van der Waals surface area contributed by atoms with E-state index in [2.05, 4.69) is 0 Å². The lowest BCUT2D eigenvalue weighted by molar-refractivity contribution is -0.401. The number of carbonyl (C=O) groups is 2. The van der Waals surface area contributed by atoms with Crippen LogP contribution in [0.2, 0.25) is 0 Å². The third kappa shape index (κ3) is 3.45. The van der Waals surface area contributed by atoms with Crippen LogP contribution in [0.1, 0.15) is 79.6 Å². The summed E-state index contributed by atoms with van der Waals surface area (Å²) in [6.07, 6.45) is 0.652. The number of rotatable bonds is 3. The minimum atomic E-state index is -1.31. The summed E-state index contributed by atoms with van der Waals surface area (Å²) in [7, 11) is 0. The fraction of sp³-hybridized carbons (Fsp3) is 0.926. The Bertz CT molecular complexity index is 921. The third-order valence-electron chi connectivity index (χ3n) is 10.6. The van der Waals surface area contributed by atoms with Gasteiger partial charge in [0.05, 0.1) is 48.0 Å². The van der Waals surface area contributed by atoms with Gasteiger partial charge in [-0.05, 0) is 58.8 Å². The molecule has 0 bridgehead atoms. The van der Waals surface area contributed by atoms with Gasteiger partial charge >= 0.3 is 11.9 Å². The summed E-state index contributed by atoms with van der Waals surface area (Å²) in [5, 5.41) is 36.4. The molecule has 36 heavy (non-hydrogen) atoms. The average Bonchev–Trinajstić information content (AvgIpc) is 3.02. The first-order valence-electron chi connectivity index (χ1n) is 13.5. The molecule has 5 aliphatic rings. The zero-order valence-corrected chi connectivity index (χ0v) is 22.1. The standard InChI is InChI=1S/C27H42O9/c1-6-33-22(30)18-8-10-27(32)17-7-9-25(31)12-16(35-15(2)28)11-20-26(25,14-34-23(3,4)36-20)21(17)19(29)13-24(18,27)5/h16-21,29,31-32H,6-14H2,1-5H3/t16-,17+,18+,19+,20-,21+,24+,25+,26+,27+/m0/s1. The second kappa shape index (κ2) is 8.37. The Kier molecular flexibility index (Phi) is 6.13. The predicted molar refractivity (Wildman–Crippen MR) is 126 cm³/mol. The highest BCUT2D eigenvalue weighted by atomic mass is 16.7. The number of esters is 2. The van der Waals surface area contributed by atoms with E-state index in [1.807, 2.05) is 20.8 Å². The average molecular weight is 511 g/mol. The topological polar surface area (TPSA) is 132 Å². The molecule has 1 aliphatic heterocycles. The minimum Gasteiger partial charge on any atom is -0.466 e. The molecule has 0 amide bonds. The number of aliphatic hydroxyl groups excluding tert-OH is 1. The lowest BCUT2D eigenvalue weighted by atomic mass is 9.40. The molecule has 1 spiro atoms. The zero-order valence-electron chi connectivity index (χ0n) is 22.1. The summed E-state index contributed by atoms with van der Waals surface area (Å²) in [4.78, 5) is 24.7. The van der Waals surface area contributed by atoms with Gasteiger partial charge in [0.25, 0.3) is 0 Å². The van der Waals surface area contributed by atoms with E-state index in [4.69, 9.17) is 18.9 Å².